The lowest BCUT2D eigenvalue weighted by molar-refractivity contribution is -0.135. The third kappa shape index (κ3) is 13.3. The number of carbonyl (C=O) groups excluding carboxylic acids is 2. The SMILES string of the molecule is CCCCCCN(C(=O)CCCC)C(CC(OCC)c1nc(C(=O)NC(Cc2ccc(O)cc2)CC(C)(C)C)cs1)C(C)C. The van der Waals surface area contributed by atoms with Crippen molar-refractivity contribution in [2.24, 2.45) is 11.3 Å². The van der Waals surface area contributed by atoms with Gasteiger partial charge in [0.1, 0.15) is 22.6 Å². The van der Waals surface area contributed by atoms with Gasteiger partial charge in [-0.25, -0.2) is 4.98 Å². The van der Waals surface area contributed by atoms with Gasteiger partial charge in [0.05, 0.1) is 0 Å². The summed E-state index contributed by atoms with van der Waals surface area (Å²) >= 11 is 1.46. The molecule has 0 radical (unpaired) electrons. The molecule has 248 valence electrons. The Morgan fingerprint density at radius 3 is 2.30 bits per heavy atom. The number of hydrogen-bond donors (Lipinski definition) is 2. The number of thiazole rings is 1. The predicted octanol–water partition coefficient (Wildman–Crippen LogP) is 8.72. The average Bonchev–Trinajstić information content (AvgIpc) is 3.45. The summed E-state index contributed by atoms with van der Waals surface area (Å²) in [5.41, 5.74) is 1.47. The molecule has 0 fully saturated rings. The molecule has 0 saturated heterocycles. The van der Waals surface area contributed by atoms with Gasteiger partial charge in [0.15, 0.2) is 0 Å². The second-order valence-corrected chi connectivity index (χ2v) is 14.5. The molecule has 1 heterocycles. The highest BCUT2D eigenvalue weighted by molar-refractivity contribution is 7.09. The largest absolute Gasteiger partial charge is 0.508 e. The number of aromatic nitrogens is 1. The van der Waals surface area contributed by atoms with Crippen molar-refractivity contribution in [3.63, 3.8) is 0 Å². The Morgan fingerprint density at radius 2 is 1.70 bits per heavy atom. The summed E-state index contributed by atoms with van der Waals surface area (Å²) in [6.07, 6.45) is 8.78. The highest BCUT2D eigenvalue weighted by Gasteiger charge is 2.31. The molecule has 0 spiro atoms. The summed E-state index contributed by atoms with van der Waals surface area (Å²) in [4.78, 5) is 33.8. The summed E-state index contributed by atoms with van der Waals surface area (Å²) in [6, 6.07) is 7.10. The van der Waals surface area contributed by atoms with E-state index in [1.54, 1.807) is 12.1 Å². The van der Waals surface area contributed by atoms with E-state index in [0.29, 0.717) is 31.6 Å². The number of phenols is 1. The van der Waals surface area contributed by atoms with Crippen molar-refractivity contribution >= 4 is 23.2 Å². The molecule has 44 heavy (non-hydrogen) atoms. The number of rotatable bonds is 20. The Bertz CT molecular complexity index is 1110. The summed E-state index contributed by atoms with van der Waals surface area (Å²) in [6.45, 7) is 18.5. The number of hydrogen-bond acceptors (Lipinski definition) is 6. The van der Waals surface area contributed by atoms with Crippen molar-refractivity contribution in [3.8, 4) is 5.75 Å². The maximum atomic E-state index is 13.5. The van der Waals surface area contributed by atoms with Crippen LogP contribution in [0, 0.1) is 11.3 Å². The number of amides is 2. The molecular formula is C36H59N3O4S. The lowest BCUT2D eigenvalue weighted by Gasteiger charge is -2.36. The van der Waals surface area contributed by atoms with E-state index in [0.717, 1.165) is 55.6 Å². The van der Waals surface area contributed by atoms with Crippen molar-refractivity contribution in [2.45, 2.75) is 138 Å². The Labute approximate surface area is 271 Å². The summed E-state index contributed by atoms with van der Waals surface area (Å²) in [7, 11) is 0. The van der Waals surface area contributed by atoms with Crippen LogP contribution in [0.15, 0.2) is 29.6 Å². The standard InChI is InChI=1S/C36H59N3O4S/c1-9-12-14-15-21-39(33(41)16-13-10-2)31(26(4)5)23-32(43-11-3)35-38-30(25-44-35)34(42)37-28(24-36(6,7)8)22-27-17-19-29(40)20-18-27/h17-20,25-26,28,31-32,40H,9-16,21-24H2,1-8H3,(H,37,42). The minimum absolute atomic E-state index is 0.0188. The Balaban J connectivity index is 2.24. The van der Waals surface area contributed by atoms with Crippen LogP contribution in [0.5, 0.6) is 5.75 Å². The van der Waals surface area contributed by atoms with Crippen LogP contribution in [0.2, 0.25) is 0 Å². The Hall–Kier alpha value is -2.45. The third-order valence-corrected chi connectivity index (χ3v) is 8.89. The van der Waals surface area contributed by atoms with E-state index in [1.807, 2.05) is 24.4 Å². The normalized spacial score (nSPS) is 13.9. The van der Waals surface area contributed by atoms with Gasteiger partial charge >= 0.3 is 0 Å². The van der Waals surface area contributed by atoms with Gasteiger partial charge in [-0.3, -0.25) is 9.59 Å². The van der Waals surface area contributed by atoms with Crippen molar-refractivity contribution < 1.29 is 19.4 Å². The second-order valence-electron chi connectivity index (χ2n) is 13.6. The summed E-state index contributed by atoms with van der Waals surface area (Å²) in [5, 5.41) is 15.5. The maximum Gasteiger partial charge on any atom is 0.270 e. The number of phenolic OH excluding ortho intramolecular Hbond substituents is 1. The number of nitrogens with zero attached hydrogens (tertiary/aromatic N) is 2. The zero-order valence-electron chi connectivity index (χ0n) is 28.7. The van der Waals surface area contributed by atoms with Crippen molar-refractivity contribution in [1.29, 1.82) is 0 Å². The molecule has 0 aliphatic rings. The van der Waals surface area contributed by atoms with E-state index >= 15 is 0 Å². The van der Waals surface area contributed by atoms with E-state index in [-0.39, 0.29) is 47.1 Å². The Kier molecular flexibility index (Phi) is 16.4. The first kappa shape index (κ1) is 37.7. The number of carbonyl (C=O) groups is 2. The van der Waals surface area contributed by atoms with Gasteiger partial charge in [0.2, 0.25) is 5.91 Å². The van der Waals surface area contributed by atoms with Crippen LogP contribution in [0.4, 0.5) is 0 Å². The lowest BCUT2D eigenvalue weighted by atomic mass is 9.85. The van der Waals surface area contributed by atoms with E-state index < -0.39 is 0 Å². The van der Waals surface area contributed by atoms with Crippen molar-refractivity contribution in [3.05, 3.63) is 45.9 Å². The van der Waals surface area contributed by atoms with E-state index in [2.05, 4.69) is 58.7 Å². The number of unbranched alkanes of at least 4 members (excludes halogenated alkanes) is 4. The smallest absolute Gasteiger partial charge is 0.270 e. The van der Waals surface area contributed by atoms with E-state index in [1.165, 1.54) is 17.8 Å². The number of aromatic hydroxyl groups is 1. The first-order valence-electron chi connectivity index (χ1n) is 16.8. The minimum Gasteiger partial charge on any atom is -0.508 e. The first-order valence-corrected chi connectivity index (χ1v) is 17.7. The molecule has 3 unspecified atom stereocenters. The topological polar surface area (TPSA) is 91.8 Å². The molecule has 2 N–H and O–H groups in total. The molecule has 0 aliphatic heterocycles. The molecule has 1 aromatic carbocycles. The van der Waals surface area contributed by atoms with Crippen LogP contribution >= 0.6 is 11.3 Å². The molecule has 3 atom stereocenters. The Morgan fingerprint density at radius 1 is 1.02 bits per heavy atom. The van der Waals surface area contributed by atoms with Gasteiger partial charge < -0.3 is 20.1 Å². The van der Waals surface area contributed by atoms with Gasteiger partial charge in [-0.2, -0.15) is 0 Å². The van der Waals surface area contributed by atoms with Crippen LogP contribution < -0.4 is 5.32 Å². The van der Waals surface area contributed by atoms with E-state index in [9.17, 15) is 14.7 Å². The van der Waals surface area contributed by atoms with Gasteiger partial charge in [0, 0.05) is 43.5 Å². The van der Waals surface area contributed by atoms with Crippen molar-refractivity contribution in [2.75, 3.05) is 13.2 Å². The predicted molar refractivity (Wildman–Crippen MR) is 182 cm³/mol. The third-order valence-electron chi connectivity index (χ3n) is 7.95. The molecular weight excluding hydrogens is 570 g/mol. The molecule has 0 bridgehead atoms. The lowest BCUT2D eigenvalue weighted by Crippen LogP contribution is -2.45. The summed E-state index contributed by atoms with van der Waals surface area (Å²) in [5.74, 6) is 0.530. The van der Waals surface area contributed by atoms with Gasteiger partial charge in [-0.1, -0.05) is 86.3 Å². The molecule has 8 heteroatoms. The quantitative estimate of drug-likeness (QED) is 0.143. The van der Waals surface area contributed by atoms with Gasteiger partial charge in [0.25, 0.3) is 5.91 Å². The number of nitrogens with one attached hydrogen (secondary N) is 1. The molecule has 2 aromatic rings. The van der Waals surface area contributed by atoms with Gasteiger partial charge in [-0.05, 0) is 61.6 Å². The van der Waals surface area contributed by atoms with Crippen LogP contribution in [-0.2, 0) is 16.0 Å². The van der Waals surface area contributed by atoms with E-state index in [4.69, 9.17) is 9.72 Å². The van der Waals surface area contributed by atoms with Crippen LogP contribution in [0.3, 0.4) is 0 Å². The zero-order chi connectivity index (χ0) is 32.7. The van der Waals surface area contributed by atoms with Crippen LogP contribution in [-0.4, -0.2) is 52.0 Å². The molecule has 0 saturated carbocycles. The second kappa shape index (κ2) is 19.2. The fourth-order valence-electron chi connectivity index (χ4n) is 5.71. The summed E-state index contributed by atoms with van der Waals surface area (Å²) < 4.78 is 6.25. The van der Waals surface area contributed by atoms with Crippen molar-refractivity contribution in [1.82, 2.24) is 15.2 Å². The molecule has 2 rings (SSSR count). The highest BCUT2D eigenvalue weighted by atomic mass is 32.1. The van der Waals surface area contributed by atoms with Crippen LogP contribution in [0.1, 0.15) is 140 Å². The zero-order valence-corrected chi connectivity index (χ0v) is 29.5. The number of benzene rings is 1. The number of ether oxygens (including phenoxy) is 1. The molecule has 0 aliphatic carbocycles. The molecule has 1 aromatic heterocycles. The monoisotopic (exact) mass is 629 g/mol. The maximum absolute atomic E-state index is 13.5. The average molecular weight is 630 g/mol. The highest BCUT2D eigenvalue weighted by Crippen LogP contribution is 2.31. The van der Waals surface area contributed by atoms with Gasteiger partial charge in [-0.15, -0.1) is 11.3 Å². The molecule has 7 nitrogen and oxygen atoms in total. The van der Waals surface area contributed by atoms with Crippen LogP contribution in [0.25, 0.3) is 0 Å². The molecule has 2 amide bonds. The minimum atomic E-state index is -0.293. The fourth-order valence-corrected chi connectivity index (χ4v) is 6.56. The fraction of sp³-hybridized carbons (Fsp3) is 0.694. The first-order chi connectivity index (χ1) is 20.9.